The Morgan fingerprint density at radius 2 is 1.90 bits per heavy atom. The summed E-state index contributed by atoms with van der Waals surface area (Å²) in [6.45, 7) is 8.78. The predicted octanol–water partition coefficient (Wildman–Crippen LogP) is 2.15. The van der Waals surface area contributed by atoms with Crippen molar-refractivity contribution in [1.29, 1.82) is 0 Å². The monoisotopic (exact) mass is 295 g/mol. The molecule has 2 aliphatic rings. The number of nitrogens with zero attached hydrogens (tertiary/aromatic N) is 1. The first-order chi connectivity index (χ1) is 10.3. The number of nitrogens with one attached hydrogen (secondary N) is 2. The van der Waals surface area contributed by atoms with Crippen molar-refractivity contribution in [1.82, 2.24) is 15.5 Å². The van der Waals surface area contributed by atoms with Crippen molar-refractivity contribution in [2.45, 2.75) is 70.9 Å². The van der Waals surface area contributed by atoms with Crippen molar-refractivity contribution >= 4 is 5.91 Å². The van der Waals surface area contributed by atoms with Crippen molar-refractivity contribution in [2.24, 2.45) is 5.92 Å². The van der Waals surface area contributed by atoms with Crippen LogP contribution in [0, 0.1) is 5.92 Å². The first-order valence-electron chi connectivity index (χ1n) is 9.01. The molecule has 2 saturated heterocycles. The largest absolute Gasteiger partial charge is 0.353 e. The molecule has 2 aliphatic heterocycles. The van der Waals surface area contributed by atoms with Gasteiger partial charge in [-0.15, -0.1) is 0 Å². The Hall–Kier alpha value is -0.610. The summed E-state index contributed by atoms with van der Waals surface area (Å²) in [4.78, 5) is 14.9. The van der Waals surface area contributed by atoms with Crippen LogP contribution in [0.3, 0.4) is 0 Å². The normalized spacial score (nSPS) is 25.2. The summed E-state index contributed by atoms with van der Waals surface area (Å²) in [7, 11) is 0. The second-order valence-corrected chi connectivity index (χ2v) is 6.63. The van der Waals surface area contributed by atoms with Gasteiger partial charge >= 0.3 is 0 Å². The van der Waals surface area contributed by atoms with Crippen LogP contribution in [0.5, 0.6) is 0 Å². The maximum atomic E-state index is 12.3. The van der Waals surface area contributed by atoms with Gasteiger partial charge < -0.3 is 10.6 Å². The molecule has 2 fully saturated rings. The predicted molar refractivity (Wildman–Crippen MR) is 87.3 cm³/mol. The van der Waals surface area contributed by atoms with E-state index in [-0.39, 0.29) is 11.9 Å². The molecule has 0 aromatic heterocycles. The number of carbonyl (C=O) groups is 1. The van der Waals surface area contributed by atoms with Crippen molar-refractivity contribution in [3.05, 3.63) is 0 Å². The SMILES string of the molecule is CCC(CC)C(CNC(=O)C1CCCCN1)N1CCCC1. The summed E-state index contributed by atoms with van der Waals surface area (Å²) in [5.41, 5.74) is 0. The fraction of sp³-hybridized carbons (Fsp3) is 0.941. The molecule has 2 atom stereocenters. The molecule has 0 aliphatic carbocycles. The molecule has 2 rings (SSSR count). The number of rotatable bonds is 7. The van der Waals surface area contributed by atoms with Gasteiger partial charge in [-0.25, -0.2) is 0 Å². The molecule has 122 valence electrons. The van der Waals surface area contributed by atoms with Gasteiger partial charge in [-0.2, -0.15) is 0 Å². The van der Waals surface area contributed by atoms with E-state index in [1.54, 1.807) is 0 Å². The minimum absolute atomic E-state index is 0.0414. The van der Waals surface area contributed by atoms with E-state index in [4.69, 9.17) is 0 Å². The van der Waals surface area contributed by atoms with Crippen LogP contribution in [0.4, 0.5) is 0 Å². The summed E-state index contributed by atoms with van der Waals surface area (Å²) in [6.07, 6.45) is 8.40. The Labute approximate surface area is 130 Å². The molecule has 0 aromatic rings. The van der Waals surface area contributed by atoms with E-state index in [0.717, 1.165) is 19.5 Å². The van der Waals surface area contributed by atoms with Crippen LogP contribution in [0.1, 0.15) is 58.8 Å². The average Bonchev–Trinajstić information content (AvgIpc) is 3.06. The second kappa shape index (κ2) is 8.74. The van der Waals surface area contributed by atoms with Gasteiger partial charge in [-0.3, -0.25) is 9.69 Å². The van der Waals surface area contributed by atoms with Gasteiger partial charge in [-0.1, -0.05) is 33.1 Å². The molecule has 0 bridgehead atoms. The minimum atomic E-state index is 0.0414. The fourth-order valence-electron chi connectivity index (χ4n) is 3.90. The summed E-state index contributed by atoms with van der Waals surface area (Å²) in [5, 5.41) is 6.58. The molecule has 0 saturated carbocycles. The standard InChI is InChI=1S/C17H33N3O/c1-3-14(4-2)16(20-11-7-8-12-20)13-19-17(21)15-9-5-6-10-18-15/h14-16,18H,3-13H2,1-2H3,(H,19,21). The highest BCUT2D eigenvalue weighted by atomic mass is 16.2. The summed E-state index contributed by atoms with van der Waals surface area (Å²) in [5.74, 6) is 0.910. The van der Waals surface area contributed by atoms with Crippen LogP contribution in [0.2, 0.25) is 0 Å². The fourth-order valence-corrected chi connectivity index (χ4v) is 3.90. The van der Waals surface area contributed by atoms with Gasteiger partial charge in [0.05, 0.1) is 6.04 Å². The molecule has 4 heteroatoms. The molecule has 2 heterocycles. The molecule has 0 spiro atoms. The second-order valence-electron chi connectivity index (χ2n) is 6.63. The average molecular weight is 295 g/mol. The third-order valence-corrected chi connectivity index (χ3v) is 5.31. The molecule has 21 heavy (non-hydrogen) atoms. The van der Waals surface area contributed by atoms with E-state index in [0.29, 0.717) is 12.0 Å². The highest BCUT2D eigenvalue weighted by Gasteiger charge is 2.29. The van der Waals surface area contributed by atoms with E-state index in [1.165, 1.54) is 51.6 Å². The van der Waals surface area contributed by atoms with Crippen LogP contribution in [-0.4, -0.2) is 49.1 Å². The lowest BCUT2D eigenvalue weighted by molar-refractivity contribution is -0.124. The molecule has 2 N–H and O–H groups in total. The Morgan fingerprint density at radius 1 is 1.19 bits per heavy atom. The maximum Gasteiger partial charge on any atom is 0.237 e. The van der Waals surface area contributed by atoms with Gasteiger partial charge in [0.25, 0.3) is 0 Å². The van der Waals surface area contributed by atoms with Crippen LogP contribution >= 0.6 is 0 Å². The highest BCUT2D eigenvalue weighted by molar-refractivity contribution is 5.81. The van der Waals surface area contributed by atoms with Gasteiger partial charge in [0.15, 0.2) is 0 Å². The zero-order valence-electron chi connectivity index (χ0n) is 13.9. The molecule has 0 aromatic carbocycles. The first kappa shape index (κ1) is 16.8. The van der Waals surface area contributed by atoms with Gasteiger partial charge in [0.2, 0.25) is 5.91 Å². The molecule has 1 amide bonds. The molecule has 4 nitrogen and oxygen atoms in total. The summed E-state index contributed by atoms with van der Waals surface area (Å²) < 4.78 is 0. The van der Waals surface area contributed by atoms with Crippen LogP contribution in [-0.2, 0) is 4.79 Å². The third kappa shape index (κ3) is 4.68. The summed E-state index contributed by atoms with van der Waals surface area (Å²) >= 11 is 0. The molecular weight excluding hydrogens is 262 g/mol. The Kier molecular flexibility index (Phi) is 6.97. The van der Waals surface area contributed by atoms with Crippen molar-refractivity contribution in [2.75, 3.05) is 26.2 Å². The minimum Gasteiger partial charge on any atom is -0.353 e. The van der Waals surface area contributed by atoms with E-state index < -0.39 is 0 Å². The molecule has 2 unspecified atom stereocenters. The van der Waals surface area contributed by atoms with Crippen LogP contribution in [0.15, 0.2) is 0 Å². The number of amides is 1. The number of likely N-dealkylation sites (tertiary alicyclic amines) is 1. The van der Waals surface area contributed by atoms with E-state index >= 15 is 0 Å². The Bertz CT molecular complexity index is 303. The zero-order chi connectivity index (χ0) is 15.1. The zero-order valence-corrected chi connectivity index (χ0v) is 13.9. The number of carbonyl (C=O) groups excluding carboxylic acids is 1. The van der Waals surface area contributed by atoms with Gasteiger partial charge in [0.1, 0.15) is 0 Å². The van der Waals surface area contributed by atoms with Crippen LogP contribution in [0.25, 0.3) is 0 Å². The van der Waals surface area contributed by atoms with E-state index in [9.17, 15) is 4.79 Å². The van der Waals surface area contributed by atoms with E-state index in [1.807, 2.05) is 0 Å². The van der Waals surface area contributed by atoms with E-state index in [2.05, 4.69) is 29.4 Å². The van der Waals surface area contributed by atoms with Crippen molar-refractivity contribution in [3.8, 4) is 0 Å². The maximum absolute atomic E-state index is 12.3. The highest BCUT2D eigenvalue weighted by Crippen LogP contribution is 2.22. The number of hydrogen-bond acceptors (Lipinski definition) is 3. The van der Waals surface area contributed by atoms with Gasteiger partial charge in [-0.05, 0) is 51.2 Å². The van der Waals surface area contributed by atoms with Crippen molar-refractivity contribution in [3.63, 3.8) is 0 Å². The lowest BCUT2D eigenvalue weighted by Crippen LogP contribution is -2.52. The Balaban J connectivity index is 1.86. The van der Waals surface area contributed by atoms with Crippen molar-refractivity contribution < 1.29 is 4.79 Å². The third-order valence-electron chi connectivity index (χ3n) is 5.31. The van der Waals surface area contributed by atoms with Crippen LogP contribution < -0.4 is 10.6 Å². The number of piperidine rings is 1. The number of hydrogen-bond donors (Lipinski definition) is 2. The molecule has 0 radical (unpaired) electrons. The topological polar surface area (TPSA) is 44.4 Å². The molecular formula is C17H33N3O. The summed E-state index contributed by atoms with van der Waals surface area (Å²) in [6, 6.07) is 0.565. The smallest absolute Gasteiger partial charge is 0.237 e. The Morgan fingerprint density at radius 3 is 2.48 bits per heavy atom. The quantitative estimate of drug-likeness (QED) is 0.756. The first-order valence-corrected chi connectivity index (χ1v) is 9.01. The lowest BCUT2D eigenvalue weighted by atomic mass is 9.92. The van der Waals surface area contributed by atoms with Gasteiger partial charge in [0, 0.05) is 12.6 Å². The lowest BCUT2D eigenvalue weighted by Gasteiger charge is -2.34.